The second-order valence-corrected chi connectivity index (χ2v) is 7.54. The maximum atomic E-state index is 12.7. The first-order valence-corrected chi connectivity index (χ1v) is 9.97. The molecule has 2 heterocycles. The van der Waals surface area contributed by atoms with Crippen molar-refractivity contribution < 1.29 is 4.79 Å². The highest BCUT2D eigenvalue weighted by atomic mass is 79.9. The van der Waals surface area contributed by atoms with Crippen LogP contribution in [0.15, 0.2) is 71.5 Å². The summed E-state index contributed by atoms with van der Waals surface area (Å²) in [4.78, 5) is 12.7. The number of hydrogen-bond donors (Lipinski definition) is 1. The number of nitrogens with zero attached hydrogens (tertiary/aromatic N) is 3. The molecular weight excluding hydrogens is 416 g/mol. The van der Waals surface area contributed by atoms with Crippen LogP contribution in [0.3, 0.4) is 0 Å². The molecule has 0 aliphatic rings. The monoisotopic (exact) mass is 436 g/mol. The van der Waals surface area contributed by atoms with E-state index in [0.717, 1.165) is 32.2 Å². The van der Waals surface area contributed by atoms with Crippen LogP contribution in [0.25, 0.3) is 10.9 Å². The number of fused-ring (bicyclic) bond motifs is 1. The van der Waals surface area contributed by atoms with Gasteiger partial charge in [0.25, 0.3) is 0 Å². The van der Waals surface area contributed by atoms with Gasteiger partial charge in [0.1, 0.15) is 6.54 Å². The molecule has 0 aliphatic heterocycles. The Morgan fingerprint density at radius 2 is 1.82 bits per heavy atom. The van der Waals surface area contributed by atoms with E-state index in [9.17, 15) is 4.79 Å². The van der Waals surface area contributed by atoms with Crippen molar-refractivity contribution in [2.24, 2.45) is 0 Å². The lowest BCUT2D eigenvalue weighted by Gasteiger charge is -2.12. The van der Waals surface area contributed by atoms with Crippen LogP contribution < -0.4 is 5.32 Å². The number of benzene rings is 2. The largest absolute Gasteiger partial charge is 0.350 e. The maximum absolute atomic E-state index is 12.7. The van der Waals surface area contributed by atoms with Crippen LogP contribution in [0.1, 0.15) is 16.8 Å². The summed E-state index contributed by atoms with van der Waals surface area (Å²) in [5.74, 6) is -0.00903. The molecule has 28 heavy (non-hydrogen) atoms. The summed E-state index contributed by atoms with van der Waals surface area (Å²) in [5, 5.41) is 8.45. The van der Waals surface area contributed by atoms with Gasteiger partial charge in [0.05, 0.1) is 6.54 Å². The molecule has 6 heteroatoms. The number of aromatic nitrogens is 3. The van der Waals surface area contributed by atoms with Crippen molar-refractivity contribution in [3.63, 3.8) is 0 Å². The van der Waals surface area contributed by atoms with E-state index >= 15 is 0 Å². The summed E-state index contributed by atoms with van der Waals surface area (Å²) in [6.07, 6.45) is 3.71. The van der Waals surface area contributed by atoms with Gasteiger partial charge in [0.15, 0.2) is 0 Å². The predicted octanol–water partition coefficient (Wildman–Crippen LogP) is 4.27. The van der Waals surface area contributed by atoms with E-state index in [1.807, 2.05) is 64.8 Å². The van der Waals surface area contributed by atoms with Crippen LogP contribution in [-0.4, -0.2) is 20.3 Å². The third-order valence-electron chi connectivity index (χ3n) is 4.94. The second-order valence-electron chi connectivity index (χ2n) is 6.75. The minimum Gasteiger partial charge on any atom is -0.350 e. The highest BCUT2D eigenvalue weighted by Gasteiger charge is 2.14. The molecule has 2 aromatic heterocycles. The lowest BCUT2D eigenvalue weighted by molar-refractivity contribution is -0.121. The molecule has 0 saturated heterocycles. The standard InChI is InChI=1S/C22H21BrN4O/c1-16-22(23)19-9-4-5-10-20(19)27(16)15-21(28)24-13-17-7-2-3-8-18(17)14-26-12-6-11-25-26/h2-12H,13-15H2,1H3,(H,24,28). The van der Waals surface area contributed by atoms with E-state index in [4.69, 9.17) is 0 Å². The first kappa shape index (κ1) is 18.5. The van der Waals surface area contributed by atoms with E-state index in [-0.39, 0.29) is 5.91 Å². The SMILES string of the molecule is Cc1c(Br)c2ccccc2n1CC(=O)NCc1ccccc1Cn1cccn1. The number of para-hydroxylation sites is 1. The Morgan fingerprint density at radius 3 is 2.61 bits per heavy atom. The van der Waals surface area contributed by atoms with Gasteiger partial charge >= 0.3 is 0 Å². The average molecular weight is 437 g/mol. The van der Waals surface area contributed by atoms with Crippen LogP contribution >= 0.6 is 15.9 Å². The molecule has 0 radical (unpaired) electrons. The number of carbonyl (C=O) groups excluding carboxylic acids is 1. The van der Waals surface area contributed by atoms with Gasteiger partial charge in [-0.15, -0.1) is 0 Å². The zero-order valence-corrected chi connectivity index (χ0v) is 17.2. The Labute approximate surface area is 172 Å². The molecule has 0 fully saturated rings. The normalized spacial score (nSPS) is 11.1. The zero-order chi connectivity index (χ0) is 19.5. The number of amides is 1. The van der Waals surface area contributed by atoms with Crippen molar-refractivity contribution in [2.45, 2.75) is 26.6 Å². The molecule has 1 N–H and O–H groups in total. The Morgan fingerprint density at radius 1 is 1.07 bits per heavy atom. The first-order valence-electron chi connectivity index (χ1n) is 9.17. The van der Waals surface area contributed by atoms with Crippen molar-refractivity contribution in [3.05, 3.63) is 88.3 Å². The molecule has 2 aromatic carbocycles. The zero-order valence-electron chi connectivity index (χ0n) is 15.6. The Balaban J connectivity index is 1.47. The highest BCUT2D eigenvalue weighted by Crippen LogP contribution is 2.30. The lowest BCUT2D eigenvalue weighted by atomic mass is 10.1. The number of carbonyl (C=O) groups is 1. The Bertz CT molecular complexity index is 1110. The minimum absolute atomic E-state index is 0.00903. The second kappa shape index (κ2) is 8.02. The van der Waals surface area contributed by atoms with Crippen LogP contribution in [0.2, 0.25) is 0 Å². The number of hydrogen-bond acceptors (Lipinski definition) is 2. The predicted molar refractivity (Wildman–Crippen MR) is 114 cm³/mol. The smallest absolute Gasteiger partial charge is 0.240 e. The summed E-state index contributed by atoms with van der Waals surface area (Å²) in [6.45, 7) is 3.50. The molecule has 142 valence electrons. The van der Waals surface area contributed by atoms with Crippen LogP contribution in [0.5, 0.6) is 0 Å². The van der Waals surface area contributed by atoms with Gasteiger partial charge in [-0.2, -0.15) is 5.10 Å². The van der Waals surface area contributed by atoms with Gasteiger partial charge < -0.3 is 9.88 Å². The summed E-state index contributed by atoms with van der Waals surface area (Å²) in [7, 11) is 0. The summed E-state index contributed by atoms with van der Waals surface area (Å²) >= 11 is 3.64. The van der Waals surface area contributed by atoms with E-state index in [1.165, 1.54) is 0 Å². The van der Waals surface area contributed by atoms with Gasteiger partial charge in [-0.25, -0.2) is 0 Å². The van der Waals surface area contributed by atoms with Crippen molar-refractivity contribution in [2.75, 3.05) is 0 Å². The van der Waals surface area contributed by atoms with Gasteiger partial charge in [0, 0.05) is 40.0 Å². The van der Waals surface area contributed by atoms with Crippen molar-refractivity contribution in [1.82, 2.24) is 19.7 Å². The molecular formula is C22H21BrN4O. The Hall–Kier alpha value is -2.86. The third-order valence-corrected chi connectivity index (χ3v) is 5.94. The molecule has 0 saturated carbocycles. The molecule has 4 rings (SSSR count). The molecule has 4 aromatic rings. The van der Waals surface area contributed by atoms with Crippen molar-refractivity contribution >= 4 is 32.7 Å². The van der Waals surface area contributed by atoms with Crippen molar-refractivity contribution in [3.8, 4) is 0 Å². The van der Waals surface area contributed by atoms with Gasteiger partial charge in [-0.1, -0.05) is 42.5 Å². The lowest BCUT2D eigenvalue weighted by Crippen LogP contribution is -2.28. The third kappa shape index (κ3) is 3.73. The maximum Gasteiger partial charge on any atom is 0.240 e. The van der Waals surface area contributed by atoms with E-state index < -0.39 is 0 Å². The van der Waals surface area contributed by atoms with E-state index in [1.54, 1.807) is 6.20 Å². The molecule has 1 amide bonds. The van der Waals surface area contributed by atoms with Crippen LogP contribution in [0, 0.1) is 6.92 Å². The molecule has 0 unspecified atom stereocenters. The van der Waals surface area contributed by atoms with Crippen LogP contribution in [-0.2, 0) is 24.4 Å². The fraction of sp³-hybridized carbons (Fsp3) is 0.182. The van der Waals surface area contributed by atoms with Gasteiger partial charge in [-0.3, -0.25) is 9.48 Å². The van der Waals surface area contributed by atoms with Gasteiger partial charge in [-0.05, 0) is 46.1 Å². The van der Waals surface area contributed by atoms with Crippen LogP contribution in [0.4, 0.5) is 0 Å². The molecule has 0 bridgehead atoms. The summed E-state index contributed by atoms with van der Waals surface area (Å²) in [6, 6.07) is 18.1. The topological polar surface area (TPSA) is 51.9 Å². The fourth-order valence-electron chi connectivity index (χ4n) is 3.44. The molecule has 5 nitrogen and oxygen atoms in total. The minimum atomic E-state index is -0.00903. The molecule has 0 spiro atoms. The highest BCUT2D eigenvalue weighted by molar-refractivity contribution is 9.10. The fourth-order valence-corrected chi connectivity index (χ4v) is 3.99. The van der Waals surface area contributed by atoms with E-state index in [0.29, 0.717) is 19.6 Å². The number of halogens is 1. The number of nitrogens with one attached hydrogen (secondary N) is 1. The van der Waals surface area contributed by atoms with E-state index in [2.05, 4.69) is 38.5 Å². The first-order chi connectivity index (χ1) is 13.6. The quantitative estimate of drug-likeness (QED) is 0.490. The Kier molecular flexibility index (Phi) is 5.30. The molecule has 0 atom stereocenters. The average Bonchev–Trinajstić information content (AvgIpc) is 3.30. The van der Waals surface area contributed by atoms with Crippen molar-refractivity contribution in [1.29, 1.82) is 0 Å². The van der Waals surface area contributed by atoms with Gasteiger partial charge in [0.2, 0.25) is 5.91 Å². The summed E-state index contributed by atoms with van der Waals surface area (Å²) < 4.78 is 4.97. The molecule has 0 aliphatic carbocycles. The summed E-state index contributed by atoms with van der Waals surface area (Å²) in [5.41, 5.74) is 4.36. The number of rotatable bonds is 6.